The molecule has 2 aromatic carbocycles. The Labute approximate surface area is 117 Å². The van der Waals surface area contributed by atoms with Gasteiger partial charge in [0.15, 0.2) is 0 Å². The number of nitrogen functional groups attached to an aromatic ring is 1. The van der Waals surface area contributed by atoms with Crippen molar-refractivity contribution in [2.45, 2.75) is 11.8 Å². The van der Waals surface area contributed by atoms with Crippen LogP contribution in [0.1, 0.15) is 5.56 Å². The Balaban J connectivity index is 2.49. The highest BCUT2D eigenvalue weighted by Gasteiger charge is 2.25. The molecule has 2 N–H and O–H groups in total. The van der Waals surface area contributed by atoms with Crippen molar-refractivity contribution in [3.8, 4) is 0 Å². The topological polar surface area (TPSA) is 63.4 Å². The van der Waals surface area contributed by atoms with E-state index in [1.807, 2.05) is 6.92 Å². The molecule has 106 valence electrons. The van der Waals surface area contributed by atoms with Gasteiger partial charge < -0.3 is 5.73 Å². The van der Waals surface area contributed by atoms with Crippen molar-refractivity contribution in [1.29, 1.82) is 0 Å². The molecule has 0 bridgehead atoms. The van der Waals surface area contributed by atoms with Crippen LogP contribution in [0.25, 0.3) is 0 Å². The monoisotopic (exact) mass is 294 g/mol. The predicted molar refractivity (Wildman–Crippen MR) is 77.6 cm³/mol. The first kappa shape index (κ1) is 14.3. The minimum Gasteiger partial charge on any atom is -0.399 e. The molecule has 0 aliphatic carbocycles. The maximum Gasteiger partial charge on any atom is 0.267 e. The highest BCUT2D eigenvalue weighted by Crippen LogP contribution is 2.25. The fourth-order valence-electron chi connectivity index (χ4n) is 1.76. The third-order valence-electron chi connectivity index (χ3n) is 2.99. The summed E-state index contributed by atoms with van der Waals surface area (Å²) in [5.74, 6) is -0.821. The van der Waals surface area contributed by atoms with E-state index in [0.717, 1.165) is 22.0 Å². The minimum atomic E-state index is -3.98. The lowest BCUT2D eigenvalue weighted by atomic mass is 10.2. The van der Waals surface area contributed by atoms with Crippen LogP contribution in [0.15, 0.2) is 47.4 Å². The van der Waals surface area contributed by atoms with Gasteiger partial charge in [-0.2, -0.15) is 0 Å². The lowest BCUT2D eigenvalue weighted by molar-refractivity contribution is 0.566. The number of hydrogen-bond acceptors (Lipinski definition) is 3. The summed E-state index contributed by atoms with van der Waals surface area (Å²) < 4.78 is 39.6. The predicted octanol–water partition coefficient (Wildman–Crippen LogP) is 2.54. The second-order valence-electron chi connectivity index (χ2n) is 4.50. The summed E-state index contributed by atoms with van der Waals surface area (Å²) >= 11 is 0. The number of nitrogens with zero attached hydrogens (tertiary/aromatic N) is 1. The zero-order valence-electron chi connectivity index (χ0n) is 11.2. The molecule has 0 atom stereocenters. The van der Waals surface area contributed by atoms with Crippen LogP contribution in [-0.2, 0) is 10.0 Å². The highest BCUT2D eigenvalue weighted by molar-refractivity contribution is 7.92. The minimum absolute atomic E-state index is 0.197. The Bertz CT molecular complexity index is 727. The summed E-state index contributed by atoms with van der Waals surface area (Å²) in [6.07, 6.45) is 0. The van der Waals surface area contributed by atoms with Crippen LogP contribution in [0, 0.1) is 12.7 Å². The first-order chi connectivity index (χ1) is 9.32. The van der Waals surface area contributed by atoms with Gasteiger partial charge in [-0.15, -0.1) is 0 Å². The molecule has 0 spiro atoms. The number of rotatable bonds is 3. The van der Waals surface area contributed by atoms with Crippen LogP contribution in [0.3, 0.4) is 0 Å². The molecule has 0 aromatic heterocycles. The van der Waals surface area contributed by atoms with E-state index in [0.29, 0.717) is 5.69 Å². The van der Waals surface area contributed by atoms with Gasteiger partial charge in [-0.05, 0) is 37.3 Å². The smallest absolute Gasteiger partial charge is 0.267 e. The Morgan fingerprint density at radius 2 is 1.70 bits per heavy atom. The summed E-state index contributed by atoms with van der Waals surface area (Å²) in [5, 5.41) is 0. The maximum absolute atomic E-state index is 13.7. The molecular formula is C14H15FN2O2S. The van der Waals surface area contributed by atoms with Gasteiger partial charge in [-0.3, -0.25) is 4.31 Å². The Kier molecular flexibility index (Phi) is 3.67. The van der Waals surface area contributed by atoms with Crippen molar-refractivity contribution in [2.75, 3.05) is 17.1 Å². The van der Waals surface area contributed by atoms with Crippen LogP contribution in [-0.4, -0.2) is 15.5 Å². The zero-order valence-corrected chi connectivity index (χ0v) is 12.0. The van der Waals surface area contributed by atoms with Crippen molar-refractivity contribution < 1.29 is 12.8 Å². The molecule has 20 heavy (non-hydrogen) atoms. The molecule has 4 nitrogen and oxygen atoms in total. The molecule has 0 saturated heterocycles. The summed E-state index contributed by atoms with van der Waals surface area (Å²) in [7, 11) is -2.60. The molecule has 0 radical (unpaired) electrons. The molecule has 0 fully saturated rings. The van der Waals surface area contributed by atoms with E-state index < -0.39 is 20.7 Å². The van der Waals surface area contributed by atoms with E-state index in [2.05, 4.69) is 0 Å². The lowest BCUT2D eigenvalue weighted by Crippen LogP contribution is -2.27. The quantitative estimate of drug-likeness (QED) is 0.885. The number of halogens is 1. The fraction of sp³-hybridized carbons (Fsp3) is 0.143. The average Bonchev–Trinajstić information content (AvgIpc) is 2.41. The van der Waals surface area contributed by atoms with Gasteiger partial charge >= 0.3 is 0 Å². The first-order valence-corrected chi connectivity index (χ1v) is 7.37. The van der Waals surface area contributed by atoms with Crippen LogP contribution < -0.4 is 10.0 Å². The third-order valence-corrected chi connectivity index (χ3v) is 4.79. The second-order valence-corrected chi connectivity index (χ2v) is 6.44. The van der Waals surface area contributed by atoms with Crippen molar-refractivity contribution in [2.24, 2.45) is 0 Å². The van der Waals surface area contributed by atoms with E-state index in [9.17, 15) is 12.8 Å². The average molecular weight is 294 g/mol. The van der Waals surface area contributed by atoms with E-state index in [1.165, 1.54) is 13.1 Å². The summed E-state index contributed by atoms with van der Waals surface area (Å²) in [4.78, 5) is -0.430. The van der Waals surface area contributed by atoms with Crippen molar-refractivity contribution in [1.82, 2.24) is 0 Å². The van der Waals surface area contributed by atoms with Crippen LogP contribution >= 0.6 is 0 Å². The first-order valence-electron chi connectivity index (χ1n) is 5.93. The van der Waals surface area contributed by atoms with Crippen molar-refractivity contribution >= 4 is 21.4 Å². The molecule has 6 heteroatoms. The van der Waals surface area contributed by atoms with Gasteiger partial charge in [-0.1, -0.05) is 17.7 Å². The molecule has 0 saturated carbocycles. The largest absolute Gasteiger partial charge is 0.399 e. The molecular weight excluding hydrogens is 279 g/mol. The zero-order chi connectivity index (χ0) is 14.9. The Morgan fingerprint density at radius 1 is 1.10 bits per heavy atom. The molecule has 0 heterocycles. The molecule has 2 aromatic rings. The molecule has 0 unspecified atom stereocenters. The molecule has 0 aliphatic rings. The van der Waals surface area contributed by atoms with Gasteiger partial charge in [0, 0.05) is 12.7 Å². The van der Waals surface area contributed by atoms with E-state index in [1.54, 1.807) is 24.3 Å². The summed E-state index contributed by atoms with van der Waals surface area (Å²) in [6, 6.07) is 10.4. The Hall–Kier alpha value is -2.08. The van der Waals surface area contributed by atoms with Gasteiger partial charge in [0.1, 0.15) is 10.7 Å². The van der Waals surface area contributed by atoms with Crippen molar-refractivity contribution in [3.63, 3.8) is 0 Å². The van der Waals surface area contributed by atoms with Crippen LogP contribution in [0.5, 0.6) is 0 Å². The second kappa shape index (κ2) is 5.13. The van der Waals surface area contributed by atoms with Gasteiger partial charge in [0.25, 0.3) is 10.0 Å². The SMILES string of the molecule is Cc1ccc(N(C)S(=O)(=O)c2cc(N)ccc2F)cc1. The highest BCUT2D eigenvalue weighted by atomic mass is 32.2. The number of sulfonamides is 1. The van der Waals surface area contributed by atoms with Gasteiger partial charge in [0.05, 0.1) is 5.69 Å². The number of hydrogen-bond donors (Lipinski definition) is 1. The Morgan fingerprint density at radius 3 is 2.30 bits per heavy atom. The van der Waals surface area contributed by atoms with E-state index in [4.69, 9.17) is 5.73 Å². The number of anilines is 2. The molecule has 0 aliphatic heterocycles. The lowest BCUT2D eigenvalue weighted by Gasteiger charge is -2.20. The summed E-state index contributed by atoms with van der Waals surface area (Å²) in [5.41, 5.74) is 7.19. The van der Waals surface area contributed by atoms with Crippen LogP contribution in [0.2, 0.25) is 0 Å². The number of aryl methyl sites for hydroxylation is 1. The normalized spacial score (nSPS) is 11.3. The van der Waals surface area contributed by atoms with E-state index in [-0.39, 0.29) is 5.69 Å². The van der Waals surface area contributed by atoms with E-state index >= 15 is 0 Å². The standard InChI is InChI=1S/C14H15FN2O2S/c1-10-3-6-12(7-4-10)17(2)20(18,19)14-9-11(16)5-8-13(14)15/h3-9H,16H2,1-2H3. The molecule has 2 rings (SSSR count). The summed E-state index contributed by atoms with van der Waals surface area (Å²) in [6.45, 7) is 1.90. The number of benzene rings is 2. The number of nitrogens with two attached hydrogens (primary N) is 1. The van der Waals surface area contributed by atoms with Crippen LogP contribution in [0.4, 0.5) is 15.8 Å². The third kappa shape index (κ3) is 2.60. The van der Waals surface area contributed by atoms with Gasteiger partial charge in [0.2, 0.25) is 0 Å². The maximum atomic E-state index is 13.7. The van der Waals surface area contributed by atoms with Gasteiger partial charge in [-0.25, -0.2) is 12.8 Å². The molecule has 0 amide bonds. The van der Waals surface area contributed by atoms with Crippen molar-refractivity contribution in [3.05, 3.63) is 53.8 Å². The fourth-order valence-corrected chi connectivity index (χ4v) is 3.05.